The van der Waals surface area contributed by atoms with Gasteiger partial charge in [0.1, 0.15) is 0 Å². The Morgan fingerprint density at radius 2 is 2.00 bits per heavy atom. The molecule has 2 N–H and O–H groups in total. The summed E-state index contributed by atoms with van der Waals surface area (Å²) < 4.78 is 5.22. The van der Waals surface area contributed by atoms with Crippen LogP contribution in [-0.2, 0) is 10.2 Å². The summed E-state index contributed by atoms with van der Waals surface area (Å²) in [6, 6.07) is -0.543. The van der Waals surface area contributed by atoms with Crippen LogP contribution < -0.4 is 5.32 Å². The van der Waals surface area contributed by atoms with E-state index in [1.807, 2.05) is 20.8 Å². The number of Topliss-reactive ketones (excluding diaryl/α,β-unsaturated/α-hetero) is 1. The van der Waals surface area contributed by atoms with E-state index in [4.69, 9.17) is 4.52 Å². The molecule has 1 aliphatic heterocycles. The third-order valence-electron chi connectivity index (χ3n) is 5.64. The Hall–Kier alpha value is -1.80. The molecule has 1 unspecified atom stereocenters. The number of nitrogens with one attached hydrogen (secondary N) is 1. The molecule has 1 saturated carbocycles. The van der Waals surface area contributed by atoms with Gasteiger partial charge in [0.25, 0.3) is 0 Å². The van der Waals surface area contributed by atoms with E-state index in [0.29, 0.717) is 18.9 Å². The third kappa shape index (κ3) is 4.21. The lowest BCUT2D eigenvalue weighted by Gasteiger charge is -2.30. The van der Waals surface area contributed by atoms with E-state index >= 15 is 0 Å². The molecular formula is C19H30N4O4. The minimum atomic E-state index is -0.543. The normalized spacial score (nSPS) is 22.4. The molecule has 1 amide bonds. The molecule has 1 aromatic rings. The minimum absolute atomic E-state index is 0.0288. The maximum absolute atomic E-state index is 12.8. The fourth-order valence-corrected chi connectivity index (χ4v) is 3.92. The average Bonchev–Trinajstić information content (AvgIpc) is 3.39. The van der Waals surface area contributed by atoms with Crippen molar-refractivity contribution in [2.45, 2.75) is 76.3 Å². The highest BCUT2D eigenvalue weighted by molar-refractivity contribution is 5.99. The van der Waals surface area contributed by atoms with Crippen molar-refractivity contribution in [1.29, 1.82) is 0 Å². The minimum Gasteiger partial charge on any atom is -0.394 e. The van der Waals surface area contributed by atoms with Crippen LogP contribution in [0.2, 0.25) is 0 Å². The number of hydrogen-bond donors (Lipinski definition) is 2. The van der Waals surface area contributed by atoms with Crippen LogP contribution in [0.15, 0.2) is 4.52 Å². The molecule has 1 atom stereocenters. The summed E-state index contributed by atoms with van der Waals surface area (Å²) in [5.74, 6) is 0.0673. The van der Waals surface area contributed by atoms with Crippen molar-refractivity contribution in [3.63, 3.8) is 0 Å². The monoisotopic (exact) mass is 378 g/mol. The first-order valence-electron chi connectivity index (χ1n) is 9.79. The van der Waals surface area contributed by atoms with Crippen molar-refractivity contribution in [1.82, 2.24) is 20.4 Å². The first kappa shape index (κ1) is 19.9. The van der Waals surface area contributed by atoms with E-state index in [0.717, 1.165) is 32.1 Å². The quantitative estimate of drug-likeness (QED) is 0.721. The molecule has 1 saturated heterocycles. The molecule has 8 heteroatoms. The number of nitrogens with zero attached hydrogens (tertiary/aromatic N) is 3. The van der Waals surface area contributed by atoms with Crippen molar-refractivity contribution in [3.05, 3.63) is 11.7 Å². The van der Waals surface area contributed by atoms with Crippen LogP contribution in [-0.4, -0.2) is 63.1 Å². The summed E-state index contributed by atoms with van der Waals surface area (Å²) in [7, 11) is 0. The number of aromatic nitrogens is 2. The molecule has 3 rings (SSSR count). The standard InChI is InChI=1S/C19H30N4O4/c1-18(2,3)17-21-16(22-27-17)15(26)13-7-6-10-23(13)14(25)11-20-19(12-24)8-4-5-9-19/h13,20,24H,4-12H2,1-3H3. The summed E-state index contributed by atoms with van der Waals surface area (Å²) in [6.07, 6.45) is 5.24. The maximum atomic E-state index is 12.8. The van der Waals surface area contributed by atoms with Crippen LogP contribution in [0.3, 0.4) is 0 Å². The summed E-state index contributed by atoms with van der Waals surface area (Å²) in [4.78, 5) is 31.4. The second-order valence-electron chi connectivity index (χ2n) is 8.78. The largest absolute Gasteiger partial charge is 0.394 e. The zero-order valence-electron chi connectivity index (χ0n) is 16.5. The zero-order chi connectivity index (χ0) is 19.7. The van der Waals surface area contributed by atoms with E-state index in [1.165, 1.54) is 0 Å². The fourth-order valence-electron chi connectivity index (χ4n) is 3.92. The number of aliphatic hydroxyl groups excluding tert-OH is 1. The molecule has 27 heavy (non-hydrogen) atoms. The highest BCUT2D eigenvalue weighted by atomic mass is 16.5. The van der Waals surface area contributed by atoms with Gasteiger partial charge >= 0.3 is 0 Å². The number of carbonyl (C=O) groups excluding carboxylic acids is 2. The first-order valence-corrected chi connectivity index (χ1v) is 9.79. The van der Waals surface area contributed by atoms with Crippen LogP contribution >= 0.6 is 0 Å². The van der Waals surface area contributed by atoms with Crippen LogP contribution in [0.25, 0.3) is 0 Å². The van der Waals surface area contributed by atoms with Gasteiger partial charge < -0.3 is 19.8 Å². The van der Waals surface area contributed by atoms with Gasteiger partial charge in [-0.1, -0.05) is 38.8 Å². The van der Waals surface area contributed by atoms with Gasteiger partial charge in [0.05, 0.1) is 19.2 Å². The van der Waals surface area contributed by atoms with Gasteiger partial charge in [-0.25, -0.2) is 0 Å². The van der Waals surface area contributed by atoms with Gasteiger partial charge in [-0.3, -0.25) is 9.59 Å². The topological polar surface area (TPSA) is 109 Å². The molecule has 0 radical (unpaired) electrons. The first-order chi connectivity index (χ1) is 12.8. The second-order valence-corrected chi connectivity index (χ2v) is 8.78. The van der Waals surface area contributed by atoms with Crippen molar-refractivity contribution in [3.8, 4) is 0 Å². The van der Waals surface area contributed by atoms with E-state index in [2.05, 4.69) is 15.5 Å². The van der Waals surface area contributed by atoms with Crippen molar-refractivity contribution in [2.24, 2.45) is 0 Å². The SMILES string of the molecule is CC(C)(C)c1nc(C(=O)C2CCCN2C(=O)CNC2(CO)CCCC2)no1. The number of likely N-dealkylation sites (tertiary alicyclic amines) is 1. The Morgan fingerprint density at radius 3 is 2.59 bits per heavy atom. The zero-order valence-corrected chi connectivity index (χ0v) is 16.5. The van der Waals surface area contributed by atoms with E-state index in [1.54, 1.807) is 4.90 Å². The Kier molecular flexibility index (Phi) is 5.67. The number of hydrogen-bond acceptors (Lipinski definition) is 7. The second kappa shape index (κ2) is 7.67. The molecule has 0 aromatic carbocycles. The molecular weight excluding hydrogens is 348 g/mol. The lowest BCUT2D eigenvalue weighted by molar-refractivity contribution is -0.130. The summed E-state index contributed by atoms with van der Waals surface area (Å²) in [6.45, 7) is 6.52. The summed E-state index contributed by atoms with van der Waals surface area (Å²) >= 11 is 0. The van der Waals surface area contributed by atoms with Gasteiger partial charge in [0, 0.05) is 17.5 Å². The van der Waals surface area contributed by atoms with Gasteiger partial charge in [-0.2, -0.15) is 4.98 Å². The van der Waals surface area contributed by atoms with Crippen LogP contribution in [0, 0.1) is 0 Å². The maximum Gasteiger partial charge on any atom is 0.240 e. The van der Waals surface area contributed by atoms with E-state index in [-0.39, 0.29) is 41.6 Å². The van der Waals surface area contributed by atoms with Gasteiger partial charge in [-0.15, -0.1) is 0 Å². The van der Waals surface area contributed by atoms with Crippen molar-refractivity contribution in [2.75, 3.05) is 19.7 Å². The molecule has 2 heterocycles. The number of ketones is 1. The van der Waals surface area contributed by atoms with Crippen molar-refractivity contribution >= 4 is 11.7 Å². The summed E-state index contributed by atoms with van der Waals surface area (Å²) in [5, 5.41) is 16.8. The molecule has 1 aliphatic carbocycles. The molecule has 0 spiro atoms. The Balaban J connectivity index is 1.64. The lowest BCUT2D eigenvalue weighted by atomic mass is 9.97. The van der Waals surface area contributed by atoms with Gasteiger partial charge in [-0.05, 0) is 25.7 Å². The van der Waals surface area contributed by atoms with Gasteiger partial charge in [0.2, 0.25) is 23.4 Å². The molecule has 0 bridgehead atoms. The van der Waals surface area contributed by atoms with Gasteiger partial charge in [0.15, 0.2) is 0 Å². The Bertz CT molecular complexity index is 688. The average molecular weight is 378 g/mol. The van der Waals surface area contributed by atoms with E-state index in [9.17, 15) is 14.7 Å². The third-order valence-corrected chi connectivity index (χ3v) is 5.64. The predicted molar refractivity (Wildman–Crippen MR) is 98.4 cm³/mol. The number of rotatable bonds is 6. The van der Waals surface area contributed by atoms with Crippen LogP contribution in [0.1, 0.15) is 75.8 Å². The molecule has 1 aromatic heterocycles. The molecule has 2 fully saturated rings. The highest BCUT2D eigenvalue weighted by Crippen LogP contribution is 2.29. The smallest absolute Gasteiger partial charge is 0.240 e. The predicted octanol–water partition coefficient (Wildman–Crippen LogP) is 1.44. The number of amides is 1. The highest BCUT2D eigenvalue weighted by Gasteiger charge is 2.39. The van der Waals surface area contributed by atoms with Crippen LogP contribution in [0.5, 0.6) is 0 Å². The molecule has 2 aliphatic rings. The molecule has 150 valence electrons. The van der Waals surface area contributed by atoms with Crippen LogP contribution in [0.4, 0.5) is 0 Å². The fraction of sp³-hybridized carbons (Fsp3) is 0.789. The summed E-state index contributed by atoms with van der Waals surface area (Å²) in [5.41, 5.74) is -0.690. The molecule has 8 nitrogen and oxygen atoms in total. The Morgan fingerprint density at radius 1 is 1.30 bits per heavy atom. The lowest BCUT2D eigenvalue weighted by Crippen LogP contribution is -2.52. The number of aliphatic hydroxyl groups is 1. The number of carbonyl (C=O) groups is 2. The van der Waals surface area contributed by atoms with Crippen molar-refractivity contribution < 1.29 is 19.2 Å². The van der Waals surface area contributed by atoms with E-state index < -0.39 is 6.04 Å². The Labute approximate surface area is 159 Å².